The molecule has 1 aromatic rings. The van der Waals surface area contributed by atoms with Crippen molar-refractivity contribution in [2.45, 2.75) is 4.90 Å². The molecule has 2 amide bonds. The van der Waals surface area contributed by atoms with Gasteiger partial charge in [-0.3, -0.25) is 9.59 Å². The van der Waals surface area contributed by atoms with Crippen LogP contribution in [0.2, 0.25) is 5.02 Å². The molecule has 2 rings (SSSR count). The molecule has 1 heterocycles. The van der Waals surface area contributed by atoms with Gasteiger partial charge in [0, 0.05) is 14.1 Å². The molecule has 1 unspecified atom stereocenters. The number of benzene rings is 1. The first-order valence-electron chi connectivity index (χ1n) is 7.32. The molecule has 0 spiro atoms. The smallest absolute Gasteiger partial charge is 0.279 e. The molecule has 1 atom stereocenters. The van der Waals surface area contributed by atoms with Crippen molar-refractivity contribution in [1.29, 1.82) is 0 Å². The highest BCUT2D eigenvalue weighted by atomic mass is 35.5. The van der Waals surface area contributed by atoms with Crippen molar-refractivity contribution in [3.05, 3.63) is 23.2 Å². The molecule has 0 aliphatic carbocycles. The van der Waals surface area contributed by atoms with Crippen LogP contribution in [0.15, 0.2) is 23.1 Å². The first-order valence-corrected chi connectivity index (χ1v) is 9.14. The van der Waals surface area contributed by atoms with E-state index in [-0.39, 0.29) is 40.5 Å². The van der Waals surface area contributed by atoms with Gasteiger partial charge in [0.15, 0.2) is 13.1 Å². The van der Waals surface area contributed by atoms with E-state index in [1.807, 2.05) is 0 Å². The quantitative estimate of drug-likeness (QED) is 0.586. The van der Waals surface area contributed by atoms with Crippen molar-refractivity contribution >= 4 is 39.1 Å². The molecule has 8 nitrogen and oxygen atoms in total. The molecule has 1 aromatic carbocycles. The Morgan fingerprint density at radius 2 is 2.12 bits per heavy atom. The van der Waals surface area contributed by atoms with Crippen LogP contribution in [-0.4, -0.2) is 64.8 Å². The fourth-order valence-corrected chi connectivity index (χ4v) is 3.39. The lowest BCUT2D eigenvalue weighted by Gasteiger charge is -2.23. The Morgan fingerprint density at radius 3 is 2.75 bits per heavy atom. The van der Waals surface area contributed by atoms with Crippen LogP contribution in [0.5, 0.6) is 0 Å². The normalized spacial score (nSPS) is 18.3. The Kier molecular flexibility index (Phi) is 5.81. The second-order valence-electron chi connectivity index (χ2n) is 5.68. The average molecular weight is 376 g/mol. The van der Waals surface area contributed by atoms with Crippen LogP contribution in [0, 0.1) is 0 Å². The standard InChI is InChI=1S/C14H19ClN4O4S/c1-18(2)24(22,23)10-3-4-11(15)12(7-10)17-14(21)9-19-6-5-16-13(20)8-19/h3-4,7H,5-6,8-9H2,1-2H3,(H,16,20)(H,17,21)/p+1. The number of quaternary nitrogens is 1. The van der Waals surface area contributed by atoms with Crippen LogP contribution in [0.3, 0.4) is 0 Å². The van der Waals surface area contributed by atoms with Crippen LogP contribution in [-0.2, 0) is 19.6 Å². The van der Waals surface area contributed by atoms with E-state index in [1.165, 1.54) is 32.3 Å². The van der Waals surface area contributed by atoms with E-state index in [2.05, 4.69) is 10.6 Å². The minimum absolute atomic E-state index is 0.0388. The maximum Gasteiger partial charge on any atom is 0.279 e. The van der Waals surface area contributed by atoms with E-state index in [1.54, 1.807) is 0 Å². The molecule has 132 valence electrons. The Labute approximate surface area is 145 Å². The van der Waals surface area contributed by atoms with Gasteiger partial charge in [0.25, 0.3) is 11.8 Å². The Balaban J connectivity index is 2.11. The van der Waals surface area contributed by atoms with Crippen molar-refractivity contribution in [3.63, 3.8) is 0 Å². The number of sulfonamides is 1. The zero-order valence-corrected chi connectivity index (χ0v) is 15.0. The number of hydrogen-bond donors (Lipinski definition) is 3. The fourth-order valence-electron chi connectivity index (χ4n) is 2.30. The highest BCUT2D eigenvalue weighted by Gasteiger charge is 2.23. The molecule has 0 bridgehead atoms. The SMILES string of the molecule is CN(C)S(=O)(=O)c1ccc(Cl)c(NC(=O)C[NH+]2CCNC(=O)C2)c1. The van der Waals surface area contributed by atoms with Gasteiger partial charge in [-0.05, 0) is 18.2 Å². The van der Waals surface area contributed by atoms with Crippen LogP contribution >= 0.6 is 11.6 Å². The number of nitrogens with zero attached hydrogens (tertiary/aromatic N) is 1. The van der Waals surface area contributed by atoms with Gasteiger partial charge in [-0.2, -0.15) is 0 Å². The van der Waals surface area contributed by atoms with Crippen LogP contribution in [0.1, 0.15) is 0 Å². The van der Waals surface area contributed by atoms with Crippen LogP contribution in [0.4, 0.5) is 5.69 Å². The molecule has 10 heteroatoms. The molecular weight excluding hydrogens is 356 g/mol. The zero-order chi connectivity index (χ0) is 17.9. The predicted molar refractivity (Wildman–Crippen MR) is 89.5 cm³/mol. The molecule has 1 fully saturated rings. The number of carbonyl (C=O) groups is 2. The van der Waals surface area contributed by atoms with E-state index in [0.717, 1.165) is 9.21 Å². The predicted octanol–water partition coefficient (Wildman–Crippen LogP) is -1.46. The number of hydrogen-bond acceptors (Lipinski definition) is 4. The van der Waals surface area contributed by atoms with Gasteiger partial charge in [0.1, 0.15) is 0 Å². The summed E-state index contributed by atoms with van der Waals surface area (Å²) in [7, 11) is -0.774. The lowest BCUT2D eigenvalue weighted by Crippen LogP contribution is -3.16. The van der Waals surface area contributed by atoms with Gasteiger partial charge < -0.3 is 15.5 Å². The number of halogens is 1. The van der Waals surface area contributed by atoms with Gasteiger partial charge in [-0.25, -0.2) is 12.7 Å². The summed E-state index contributed by atoms with van der Waals surface area (Å²) in [4.78, 5) is 24.4. The van der Waals surface area contributed by atoms with Gasteiger partial charge in [0.2, 0.25) is 10.0 Å². The van der Waals surface area contributed by atoms with Crippen molar-refractivity contribution in [2.75, 3.05) is 45.6 Å². The van der Waals surface area contributed by atoms with Gasteiger partial charge in [-0.1, -0.05) is 11.6 Å². The van der Waals surface area contributed by atoms with Gasteiger partial charge in [-0.15, -0.1) is 0 Å². The molecule has 1 aliphatic heterocycles. The highest BCUT2D eigenvalue weighted by Crippen LogP contribution is 2.26. The number of nitrogens with one attached hydrogen (secondary N) is 3. The topological polar surface area (TPSA) is 100 Å². The second-order valence-corrected chi connectivity index (χ2v) is 8.24. The first-order chi connectivity index (χ1) is 11.2. The minimum Gasteiger partial charge on any atom is -0.346 e. The van der Waals surface area contributed by atoms with E-state index >= 15 is 0 Å². The minimum atomic E-state index is -3.62. The summed E-state index contributed by atoms with van der Waals surface area (Å²) < 4.78 is 25.4. The van der Waals surface area contributed by atoms with Crippen LogP contribution in [0.25, 0.3) is 0 Å². The van der Waals surface area contributed by atoms with Gasteiger partial charge >= 0.3 is 0 Å². The Bertz CT molecular complexity index is 751. The summed E-state index contributed by atoms with van der Waals surface area (Å²) in [5, 5.41) is 5.56. The molecule has 0 saturated carbocycles. The molecule has 3 N–H and O–H groups in total. The molecule has 24 heavy (non-hydrogen) atoms. The summed E-state index contributed by atoms with van der Waals surface area (Å²) in [5.41, 5.74) is 0.227. The van der Waals surface area contributed by atoms with E-state index in [0.29, 0.717) is 13.1 Å². The summed E-state index contributed by atoms with van der Waals surface area (Å²) in [5.74, 6) is -0.429. The third-order valence-corrected chi connectivity index (χ3v) is 5.75. The number of piperazine rings is 1. The van der Waals surface area contributed by atoms with Crippen LogP contribution < -0.4 is 15.5 Å². The summed E-state index contributed by atoms with van der Waals surface area (Å²) >= 11 is 6.04. The maximum absolute atomic E-state index is 12.2. The number of anilines is 1. The number of rotatable bonds is 5. The summed E-state index contributed by atoms with van der Waals surface area (Å²) in [6.07, 6.45) is 0. The third kappa shape index (κ3) is 4.44. The van der Waals surface area contributed by atoms with Crippen molar-refractivity contribution < 1.29 is 22.9 Å². The van der Waals surface area contributed by atoms with E-state index < -0.39 is 10.0 Å². The maximum atomic E-state index is 12.2. The van der Waals surface area contributed by atoms with E-state index in [4.69, 9.17) is 11.6 Å². The Morgan fingerprint density at radius 1 is 1.42 bits per heavy atom. The average Bonchev–Trinajstić information content (AvgIpc) is 2.49. The van der Waals surface area contributed by atoms with Crippen molar-refractivity contribution in [2.24, 2.45) is 0 Å². The number of carbonyl (C=O) groups excluding carboxylic acids is 2. The van der Waals surface area contributed by atoms with Gasteiger partial charge in [0.05, 0.1) is 28.7 Å². The summed E-state index contributed by atoms with van der Waals surface area (Å²) in [6.45, 7) is 1.52. The van der Waals surface area contributed by atoms with Crippen molar-refractivity contribution in [1.82, 2.24) is 9.62 Å². The molecular formula is C14H20ClN4O4S+. The molecule has 0 aromatic heterocycles. The third-order valence-electron chi connectivity index (χ3n) is 3.61. The molecule has 1 aliphatic rings. The lowest BCUT2D eigenvalue weighted by atomic mass is 10.3. The first kappa shape index (κ1) is 18.7. The van der Waals surface area contributed by atoms with Crippen molar-refractivity contribution in [3.8, 4) is 0 Å². The molecule has 1 saturated heterocycles. The monoisotopic (exact) mass is 375 g/mol. The number of amides is 2. The van der Waals surface area contributed by atoms with E-state index in [9.17, 15) is 18.0 Å². The zero-order valence-electron chi connectivity index (χ0n) is 13.4. The fraction of sp³-hybridized carbons (Fsp3) is 0.429. The second kappa shape index (κ2) is 7.47. The highest BCUT2D eigenvalue weighted by molar-refractivity contribution is 7.89. The summed E-state index contributed by atoms with van der Waals surface area (Å²) in [6, 6.07) is 4.14. The largest absolute Gasteiger partial charge is 0.346 e. The molecule has 0 radical (unpaired) electrons. The Hall–Kier alpha value is -1.68. The lowest BCUT2D eigenvalue weighted by molar-refractivity contribution is -0.885.